The fraction of sp³-hybridized carbons (Fsp3) is 0.409. The summed E-state index contributed by atoms with van der Waals surface area (Å²) in [4.78, 5) is 16.3. The number of amides is 1. The summed E-state index contributed by atoms with van der Waals surface area (Å²) in [7, 11) is 0. The molecule has 28 heavy (non-hydrogen) atoms. The molecule has 3 nitrogen and oxygen atoms in total. The highest BCUT2D eigenvalue weighted by Gasteiger charge is 2.39. The largest absolute Gasteiger partial charge is 0.341 e. The van der Waals surface area contributed by atoms with E-state index in [0.29, 0.717) is 5.41 Å². The summed E-state index contributed by atoms with van der Waals surface area (Å²) in [6.07, 6.45) is 3.38. The van der Waals surface area contributed by atoms with Crippen molar-refractivity contribution in [1.29, 1.82) is 0 Å². The quantitative estimate of drug-likeness (QED) is 0.728. The van der Waals surface area contributed by atoms with E-state index in [9.17, 15) is 9.18 Å². The molecule has 0 aromatic heterocycles. The highest BCUT2D eigenvalue weighted by atomic mass is 35.5. The predicted octanol–water partition coefficient (Wildman–Crippen LogP) is 4.68. The van der Waals surface area contributed by atoms with Crippen LogP contribution in [0.4, 0.5) is 4.39 Å². The first-order valence-electron chi connectivity index (χ1n) is 9.62. The standard InChI is InChI=1S/C22H25FN2OS.ClH/c23-18-6-8-19(9-7-18)27-20(17-4-2-1-3-5-17)21(26)25-14-11-22(12-15-25)10-13-24-16-22;/h1-9,20,24H,10-16H2;1H. The Bertz CT molecular complexity index is 771. The highest BCUT2D eigenvalue weighted by Crippen LogP contribution is 2.41. The van der Waals surface area contributed by atoms with Crippen LogP contribution in [-0.2, 0) is 4.79 Å². The van der Waals surface area contributed by atoms with E-state index >= 15 is 0 Å². The molecule has 0 saturated carbocycles. The second kappa shape index (κ2) is 9.29. The lowest BCUT2D eigenvalue weighted by Gasteiger charge is -2.40. The van der Waals surface area contributed by atoms with Crippen molar-refractivity contribution in [2.75, 3.05) is 26.2 Å². The number of benzene rings is 2. The van der Waals surface area contributed by atoms with Gasteiger partial charge in [-0.3, -0.25) is 4.79 Å². The van der Waals surface area contributed by atoms with E-state index in [1.807, 2.05) is 35.2 Å². The Labute approximate surface area is 176 Å². The number of carbonyl (C=O) groups is 1. The Morgan fingerprint density at radius 1 is 1.04 bits per heavy atom. The number of piperidine rings is 1. The van der Waals surface area contributed by atoms with Crippen molar-refractivity contribution in [1.82, 2.24) is 10.2 Å². The van der Waals surface area contributed by atoms with Gasteiger partial charge in [-0.15, -0.1) is 24.2 Å². The SMILES string of the molecule is Cl.O=C(C(Sc1ccc(F)cc1)c1ccccc1)N1CCC2(CCNC2)CC1. The van der Waals surface area contributed by atoms with Gasteiger partial charge >= 0.3 is 0 Å². The van der Waals surface area contributed by atoms with Crippen LogP contribution < -0.4 is 5.32 Å². The molecule has 2 aromatic carbocycles. The highest BCUT2D eigenvalue weighted by molar-refractivity contribution is 8.00. The molecule has 1 spiro atoms. The summed E-state index contributed by atoms with van der Waals surface area (Å²) in [6.45, 7) is 3.84. The van der Waals surface area contributed by atoms with Crippen molar-refractivity contribution < 1.29 is 9.18 Å². The van der Waals surface area contributed by atoms with Gasteiger partial charge in [-0.25, -0.2) is 4.39 Å². The first-order chi connectivity index (χ1) is 13.2. The van der Waals surface area contributed by atoms with Gasteiger partial charge < -0.3 is 10.2 Å². The number of hydrogen-bond acceptors (Lipinski definition) is 3. The maximum Gasteiger partial charge on any atom is 0.240 e. The lowest BCUT2D eigenvalue weighted by Crippen LogP contribution is -2.45. The molecule has 4 rings (SSSR count). The van der Waals surface area contributed by atoms with Crippen LogP contribution in [0.2, 0.25) is 0 Å². The molecule has 2 aliphatic heterocycles. The van der Waals surface area contributed by atoms with Gasteiger partial charge in [0.15, 0.2) is 0 Å². The fourth-order valence-electron chi connectivity index (χ4n) is 4.13. The van der Waals surface area contributed by atoms with Gasteiger partial charge in [0.25, 0.3) is 0 Å². The number of hydrogen-bond donors (Lipinski definition) is 1. The van der Waals surface area contributed by atoms with Gasteiger partial charge in [0.1, 0.15) is 11.1 Å². The van der Waals surface area contributed by atoms with Crippen LogP contribution in [0.25, 0.3) is 0 Å². The molecule has 0 radical (unpaired) electrons. The maximum atomic E-state index is 13.4. The third-order valence-electron chi connectivity index (χ3n) is 5.86. The average molecular weight is 421 g/mol. The smallest absolute Gasteiger partial charge is 0.240 e. The Balaban J connectivity index is 0.00000225. The van der Waals surface area contributed by atoms with Gasteiger partial charge in [-0.2, -0.15) is 0 Å². The molecule has 1 atom stereocenters. The number of nitrogens with zero attached hydrogens (tertiary/aromatic N) is 1. The van der Waals surface area contributed by atoms with Gasteiger partial charge in [0.05, 0.1) is 0 Å². The van der Waals surface area contributed by atoms with E-state index in [-0.39, 0.29) is 29.4 Å². The molecule has 1 amide bonds. The summed E-state index contributed by atoms with van der Waals surface area (Å²) < 4.78 is 13.3. The van der Waals surface area contributed by atoms with Gasteiger partial charge in [0, 0.05) is 24.5 Å². The molecule has 2 saturated heterocycles. The molecule has 6 heteroatoms. The van der Waals surface area contributed by atoms with E-state index in [1.54, 1.807) is 12.1 Å². The van der Waals surface area contributed by atoms with Crippen molar-refractivity contribution >= 4 is 30.1 Å². The fourth-order valence-corrected chi connectivity index (χ4v) is 5.24. The summed E-state index contributed by atoms with van der Waals surface area (Å²) >= 11 is 1.51. The summed E-state index contributed by atoms with van der Waals surface area (Å²) in [5.74, 6) is -0.0928. The van der Waals surface area contributed by atoms with Crippen molar-refractivity contribution in [3.63, 3.8) is 0 Å². The zero-order valence-corrected chi connectivity index (χ0v) is 17.4. The second-order valence-corrected chi connectivity index (χ2v) is 8.79. The zero-order chi connectivity index (χ0) is 18.7. The Hall–Kier alpha value is -1.56. The minimum absolute atomic E-state index is 0. The molecular formula is C22H26ClFN2OS. The van der Waals surface area contributed by atoms with E-state index in [0.717, 1.165) is 49.5 Å². The molecule has 2 heterocycles. The van der Waals surface area contributed by atoms with Crippen molar-refractivity contribution in [3.05, 3.63) is 66.0 Å². The lowest BCUT2D eigenvalue weighted by atomic mass is 9.78. The average Bonchev–Trinajstić information content (AvgIpc) is 3.16. The Morgan fingerprint density at radius 2 is 1.71 bits per heavy atom. The van der Waals surface area contributed by atoms with Gasteiger partial charge in [-0.05, 0) is 61.1 Å². The van der Waals surface area contributed by atoms with Crippen LogP contribution in [0.1, 0.15) is 30.1 Å². The first-order valence-corrected chi connectivity index (χ1v) is 10.5. The topological polar surface area (TPSA) is 32.3 Å². The third kappa shape index (κ3) is 4.70. The van der Waals surface area contributed by atoms with Crippen molar-refractivity contribution in [2.24, 2.45) is 5.41 Å². The zero-order valence-electron chi connectivity index (χ0n) is 15.8. The normalized spacial score (nSPS) is 19.2. The van der Waals surface area contributed by atoms with Gasteiger partial charge in [-0.1, -0.05) is 30.3 Å². The Kier molecular flexibility index (Phi) is 7.02. The van der Waals surface area contributed by atoms with Crippen LogP contribution in [0.3, 0.4) is 0 Å². The Morgan fingerprint density at radius 3 is 2.32 bits per heavy atom. The molecular weight excluding hydrogens is 395 g/mol. The monoisotopic (exact) mass is 420 g/mol. The molecule has 1 unspecified atom stereocenters. The number of thioether (sulfide) groups is 1. The predicted molar refractivity (Wildman–Crippen MR) is 114 cm³/mol. The van der Waals surface area contributed by atoms with Crippen LogP contribution in [0.5, 0.6) is 0 Å². The molecule has 0 bridgehead atoms. The number of carbonyl (C=O) groups excluding carboxylic acids is 1. The molecule has 2 aliphatic rings. The van der Waals surface area contributed by atoms with Crippen LogP contribution >= 0.6 is 24.2 Å². The van der Waals surface area contributed by atoms with Crippen molar-refractivity contribution in [3.8, 4) is 0 Å². The summed E-state index contributed by atoms with van der Waals surface area (Å²) in [5.41, 5.74) is 1.39. The summed E-state index contributed by atoms with van der Waals surface area (Å²) in [6, 6.07) is 16.3. The maximum absolute atomic E-state index is 13.4. The molecule has 0 aliphatic carbocycles. The lowest BCUT2D eigenvalue weighted by molar-refractivity contribution is -0.132. The van der Waals surface area contributed by atoms with Crippen molar-refractivity contribution in [2.45, 2.75) is 29.4 Å². The number of likely N-dealkylation sites (tertiary alicyclic amines) is 1. The molecule has 1 N–H and O–H groups in total. The molecule has 2 aromatic rings. The second-order valence-electron chi connectivity index (χ2n) is 7.61. The summed E-state index contributed by atoms with van der Waals surface area (Å²) in [5, 5.41) is 3.18. The van der Waals surface area contributed by atoms with E-state index < -0.39 is 0 Å². The van der Waals surface area contributed by atoms with E-state index in [2.05, 4.69) is 5.32 Å². The number of rotatable bonds is 4. The molecule has 2 fully saturated rings. The van der Waals surface area contributed by atoms with Crippen LogP contribution in [-0.4, -0.2) is 37.0 Å². The van der Waals surface area contributed by atoms with Gasteiger partial charge in [0.2, 0.25) is 5.91 Å². The number of halogens is 2. The minimum Gasteiger partial charge on any atom is -0.341 e. The van der Waals surface area contributed by atoms with E-state index in [1.165, 1.54) is 30.3 Å². The first kappa shape index (κ1) is 21.2. The van der Waals surface area contributed by atoms with E-state index in [4.69, 9.17) is 0 Å². The number of nitrogens with one attached hydrogen (secondary N) is 1. The molecule has 150 valence electrons. The van der Waals surface area contributed by atoms with Crippen LogP contribution in [0.15, 0.2) is 59.5 Å². The van der Waals surface area contributed by atoms with Crippen LogP contribution in [0, 0.1) is 11.2 Å². The minimum atomic E-state index is -0.299. The third-order valence-corrected chi connectivity index (χ3v) is 7.12.